The number of carbonyl (C=O) groups is 2. The predicted molar refractivity (Wildman–Crippen MR) is 102 cm³/mol. The van der Waals surface area contributed by atoms with Crippen molar-refractivity contribution in [3.8, 4) is 5.75 Å². The van der Waals surface area contributed by atoms with Crippen LogP contribution < -0.4 is 9.97 Å². The molecular weight excluding hydrogens is 343 g/mol. The van der Waals surface area contributed by atoms with E-state index in [0.29, 0.717) is 24.3 Å². The normalized spacial score (nSPS) is 15.1. The number of pyridine rings is 1. The molecule has 0 unspecified atom stereocenters. The fourth-order valence-corrected chi connectivity index (χ4v) is 2.90. The molecule has 1 amide bonds. The zero-order valence-electron chi connectivity index (χ0n) is 15.3. The van der Waals surface area contributed by atoms with Crippen molar-refractivity contribution >= 4 is 19.4 Å². The predicted octanol–water partition coefficient (Wildman–Crippen LogP) is 2.28. The minimum Gasteiger partial charge on any atom is -0.560 e. The first kappa shape index (κ1) is 19.0. The minimum absolute atomic E-state index is 0.0929. The van der Waals surface area contributed by atoms with E-state index >= 15 is 0 Å². The van der Waals surface area contributed by atoms with E-state index in [2.05, 4.69) is 10.3 Å². The standard InChI is InChI=1S/C20H22BN2O4/c1-2-3-11-26-20(25)16-6-4-5-15-13-17(21-27-19(15)16)23-18(24)12-14-7-9-22-10-8-14/h4-10,17H,2-3,11-13H2,1H3,(H,23,24)/t17-/m0/s1. The summed E-state index contributed by atoms with van der Waals surface area (Å²) < 4.78 is 11.0. The van der Waals surface area contributed by atoms with Crippen LogP contribution >= 0.6 is 0 Å². The number of benzene rings is 1. The van der Waals surface area contributed by atoms with Crippen molar-refractivity contribution in [2.75, 3.05) is 6.61 Å². The molecule has 2 aromatic rings. The fraction of sp³-hybridized carbons (Fsp3) is 0.350. The van der Waals surface area contributed by atoms with Crippen molar-refractivity contribution in [3.05, 3.63) is 59.4 Å². The van der Waals surface area contributed by atoms with Crippen molar-refractivity contribution in [2.45, 2.75) is 38.5 Å². The molecule has 0 bridgehead atoms. The quantitative estimate of drug-likeness (QED) is 0.463. The number of rotatable bonds is 7. The summed E-state index contributed by atoms with van der Waals surface area (Å²) >= 11 is 0. The Labute approximate surface area is 159 Å². The van der Waals surface area contributed by atoms with Crippen LogP contribution in [-0.2, 0) is 22.4 Å². The van der Waals surface area contributed by atoms with E-state index < -0.39 is 0 Å². The van der Waals surface area contributed by atoms with Gasteiger partial charge in [0, 0.05) is 18.3 Å². The number of ether oxygens (including phenoxy) is 1. The van der Waals surface area contributed by atoms with Gasteiger partial charge in [-0.1, -0.05) is 25.5 Å². The second kappa shape index (κ2) is 9.21. The van der Waals surface area contributed by atoms with Crippen LogP contribution in [0.5, 0.6) is 5.75 Å². The van der Waals surface area contributed by atoms with Crippen LogP contribution in [0.2, 0.25) is 0 Å². The van der Waals surface area contributed by atoms with Crippen molar-refractivity contribution in [1.29, 1.82) is 0 Å². The van der Waals surface area contributed by atoms with E-state index in [1.165, 1.54) is 0 Å². The number of hydrogen-bond donors (Lipinski definition) is 1. The Kier molecular flexibility index (Phi) is 6.46. The van der Waals surface area contributed by atoms with E-state index in [9.17, 15) is 9.59 Å². The lowest BCUT2D eigenvalue weighted by atomic mass is 9.79. The molecule has 1 aromatic carbocycles. The SMILES string of the molecule is CCCCOC(=O)c1cccc2c1O[B][C@@H](NC(=O)Cc1ccncc1)C2. The Morgan fingerprint density at radius 2 is 2.11 bits per heavy atom. The van der Waals surface area contributed by atoms with Gasteiger partial charge in [-0.2, -0.15) is 0 Å². The molecule has 3 rings (SSSR count). The van der Waals surface area contributed by atoms with E-state index in [1.807, 2.05) is 25.1 Å². The highest BCUT2D eigenvalue weighted by atomic mass is 16.5. The molecule has 1 radical (unpaired) electrons. The van der Waals surface area contributed by atoms with E-state index in [-0.39, 0.29) is 24.2 Å². The second-order valence-electron chi connectivity index (χ2n) is 6.45. The Balaban J connectivity index is 1.60. The molecule has 0 saturated carbocycles. The van der Waals surface area contributed by atoms with Gasteiger partial charge in [-0.3, -0.25) is 9.78 Å². The summed E-state index contributed by atoms with van der Waals surface area (Å²) in [6.45, 7) is 2.44. The third kappa shape index (κ3) is 5.09. The number of para-hydroxylation sites is 1. The van der Waals surface area contributed by atoms with Gasteiger partial charge in [0.15, 0.2) is 0 Å². The molecule has 0 spiro atoms. The summed E-state index contributed by atoms with van der Waals surface area (Å²) in [5, 5.41) is 2.94. The van der Waals surface area contributed by atoms with Gasteiger partial charge >= 0.3 is 13.5 Å². The van der Waals surface area contributed by atoms with Crippen LogP contribution in [0, 0.1) is 0 Å². The summed E-state index contributed by atoms with van der Waals surface area (Å²) in [6.07, 6.45) is 5.97. The number of amides is 1. The van der Waals surface area contributed by atoms with E-state index in [1.54, 1.807) is 32.0 Å². The second-order valence-corrected chi connectivity index (χ2v) is 6.45. The summed E-state index contributed by atoms with van der Waals surface area (Å²) in [5.74, 6) is -0.213. The summed E-state index contributed by atoms with van der Waals surface area (Å²) in [6, 6.07) is 9.02. The molecule has 27 heavy (non-hydrogen) atoms. The maximum atomic E-state index is 12.3. The fourth-order valence-electron chi connectivity index (χ4n) is 2.90. The molecular formula is C20H22BN2O4. The number of esters is 1. The molecule has 2 heterocycles. The van der Waals surface area contributed by atoms with Crippen molar-refractivity contribution in [2.24, 2.45) is 0 Å². The zero-order chi connectivity index (χ0) is 19.1. The average molecular weight is 365 g/mol. The van der Waals surface area contributed by atoms with Gasteiger partial charge in [0.2, 0.25) is 5.91 Å². The smallest absolute Gasteiger partial charge is 0.394 e. The highest BCUT2D eigenvalue weighted by Crippen LogP contribution is 2.29. The molecule has 0 saturated heterocycles. The Morgan fingerprint density at radius 3 is 2.89 bits per heavy atom. The molecule has 1 aliphatic heterocycles. The van der Waals surface area contributed by atoms with Gasteiger partial charge < -0.3 is 14.7 Å². The number of carbonyl (C=O) groups excluding carboxylic acids is 2. The lowest BCUT2D eigenvalue weighted by Gasteiger charge is -2.26. The first-order valence-corrected chi connectivity index (χ1v) is 9.14. The Hall–Kier alpha value is -2.83. The maximum Gasteiger partial charge on any atom is 0.394 e. The molecule has 1 N–H and O–H groups in total. The van der Waals surface area contributed by atoms with Gasteiger partial charge in [-0.05, 0) is 42.2 Å². The molecule has 139 valence electrons. The van der Waals surface area contributed by atoms with Crippen molar-refractivity contribution < 1.29 is 19.0 Å². The lowest BCUT2D eigenvalue weighted by Crippen LogP contribution is -2.45. The summed E-state index contributed by atoms with van der Waals surface area (Å²) in [7, 11) is 1.57. The number of nitrogens with zero attached hydrogens (tertiary/aromatic N) is 1. The van der Waals surface area contributed by atoms with Crippen LogP contribution in [0.25, 0.3) is 0 Å². The average Bonchev–Trinajstić information content (AvgIpc) is 2.68. The van der Waals surface area contributed by atoms with Crippen LogP contribution in [0.3, 0.4) is 0 Å². The zero-order valence-corrected chi connectivity index (χ0v) is 15.3. The van der Waals surface area contributed by atoms with E-state index in [0.717, 1.165) is 24.0 Å². The number of nitrogens with one attached hydrogen (secondary N) is 1. The third-order valence-electron chi connectivity index (χ3n) is 4.30. The highest BCUT2D eigenvalue weighted by Gasteiger charge is 2.27. The van der Waals surface area contributed by atoms with Crippen molar-refractivity contribution in [3.63, 3.8) is 0 Å². The van der Waals surface area contributed by atoms with Gasteiger partial charge in [0.25, 0.3) is 0 Å². The van der Waals surface area contributed by atoms with Gasteiger partial charge in [0.1, 0.15) is 11.3 Å². The molecule has 1 atom stereocenters. The highest BCUT2D eigenvalue weighted by molar-refractivity contribution is 6.32. The Morgan fingerprint density at radius 1 is 1.30 bits per heavy atom. The van der Waals surface area contributed by atoms with E-state index in [4.69, 9.17) is 9.39 Å². The van der Waals surface area contributed by atoms with Gasteiger partial charge in [-0.15, -0.1) is 0 Å². The molecule has 0 aliphatic carbocycles. The van der Waals surface area contributed by atoms with Crippen LogP contribution in [0.4, 0.5) is 0 Å². The third-order valence-corrected chi connectivity index (χ3v) is 4.30. The first-order chi connectivity index (χ1) is 13.2. The van der Waals surface area contributed by atoms with Gasteiger partial charge in [0.05, 0.1) is 13.0 Å². The van der Waals surface area contributed by atoms with Crippen LogP contribution in [0.1, 0.15) is 41.3 Å². The molecule has 0 fully saturated rings. The minimum atomic E-state index is -0.381. The monoisotopic (exact) mass is 365 g/mol. The summed E-state index contributed by atoms with van der Waals surface area (Å²) in [5.41, 5.74) is 2.19. The number of fused-ring (bicyclic) bond motifs is 1. The maximum absolute atomic E-state index is 12.3. The van der Waals surface area contributed by atoms with Crippen LogP contribution in [0.15, 0.2) is 42.7 Å². The molecule has 6 nitrogen and oxygen atoms in total. The largest absolute Gasteiger partial charge is 0.560 e. The number of unbranched alkanes of at least 4 members (excludes halogenated alkanes) is 1. The molecule has 1 aromatic heterocycles. The number of aromatic nitrogens is 1. The Bertz CT molecular complexity index is 798. The first-order valence-electron chi connectivity index (χ1n) is 9.14. The van der Waals surface area contributed by atoms with Crippen LogP contribution in [-0.4, -0.2) is 36.9 Å². The van der Waals surface area contributed by atoms with Gasteiger partial charge in [-0.25, -0.2) is 4.79 Å². The number of hydrogen-bond acceptors (Lipinski definition) is 5. The topological polar surface area (TPSA) is 77.5 Å². The molecule has 1 aliphatic rings. The summed E-state index contributed by atoms with van der Waals surface area (Å²) in [4.78, 5) is 28.4. The lowest BCUT2D eigenvalue weighted by molar-refractivity contribution is -0.120. The van der Waals surface area contributed by atoms with Crippen molar-refractivity contribution in [1.82, 2.24) is 10.3 Å². The molecule has 7 heteroatoms.